The molecule has 3 heterocycles. The van der Waals surface area contributed by atoms with E-state index in [0.29, 0.717) is 23.7 Å². The van der Waals surface area contributed by atoms with E-state index >= 15 is 0 Å². The summed E-state index contributed by atoms with van der Waals surface area (Å²) in [6.45, 7) is 2.03. The summed E-state index contributed by atoms with van der Waals surface area (Å²) in [5.74, 6) is -1.96. The number of hydrogen-bond donors (Lipinski definition) is 3. The average Bonchev–Trinajstić information content (AvgIpc) is 3.01. The van der Waals surface area contributed by atoms with Crippen LogP contribution in [0.1, 0.15) is 58.4 Å². The van der Waals surface area contributed by atoms with Gasteiger partial charge in [-0.1, -0.05) is 6.07 Å². The fourth-order valence-corrected chi connectivity index (χ4v) is 5.45. The highest BCUT2D eigenvalue weighted by Crippen LogP contribution is 2.48. The van der Waals surface area contributed by atoms with E-state index in [9.17, 15) is 19.2 Å². The lowest BCUT2D eigenvalue weighted by Crippen LogP contribution is -2.67. The minimum absolute atomic E-state index is 0.0728. The van der Waals surface area contributed by atoms with Crippen molar-refractivity contribution in [3.05, 3.63) is 34.9 Å². The molecule has 3 fully saturated rings. The second-order valence-corrected chi connectivity index (χ2v) is 8.95. The first-order chi connectivity index (χ1) is 14.9. The number of rotatable bonds is 4. The largest absolute Gasteiger partial charge is 0.381 e. The molecule has 1 spiro atoms. The Morgan fingerprint density at radius 3 is 2.58 bits per heavy atom. The van der Waals surface area contributed by atoms with Gasteiger partial charge < -0.3 is 15.8 Å². The standard InChI is InChI=1S/C22H26N4O5/c23-16-10-17(22(16)5-7-31-8-6-22)24-11-12-1-2-13-14(9-12)21(30)26(20(13)29)15-3-4-18(27)25-19(15)28/h1-2,9,15-17,24H,3-8,10-11,23H2,(H,25,27,28). The fraction of sp³-hybridized carbons (Fsp3) is 0.545. The van der Waals surface area contributed by atoms with Crippen molar-refractivity contribution in [2.45, 2.75) is 56.8 Å². The topological polar surface area (TPSA) is 131 Å². The Hall–Kier alpha value is -2.62. The van der Waals surface area contributed by atoms with Gasteiger partial charge in [0.2, 0.25) is 11.8 Å². The number of imide groups is 2. The van der Waals surface area contributed by atoms with Crippen molar-refractivity contribution in [1.29, 1.82) is 0 Å². The molecule has 3 atom stereocenters. The van der Waals surface area contributed by atoms with Crippen LogP contribution in [-0.4, -0.2) is 59.9 Å². The predicted octanol–water partition coefficient (Wildman–Crippen LogP) is 0.0738. The molecular formula is C22H26N4O5. The van der Waals surface area contributed by atoms with Gasteiger partial charge in [-0.25, -0.2) is 0 Å². The predicted molar refractivity (Wildman–Crippen MR) is 109 cm³/mol. The Balaban J connectivity index is 1.29. The van der Waals surface area contributed by atoms with Gasteiger partial charge >= 0.3 is 0 Å². The molecule has 9 nitrogen and oxygen atoms in total. The van der Waals surface area contributed by atoms with Gasteiger partial charge in [0.25, 0.3) is 11.8 Å². The summed E-state index contributed by atoms with van der Waals surface area (Å²) >= 11 is 0. The van der Waals surface area contributed by atoms with Crippen molar-refractivity contribution in [3.8, 4) is 0 Å². The maximum atomic E-state index is 13.0. The molecule has 4 aliphatic rings. The Morgan fingerprint density at radius 2 is 1.87 bits per heavy atom. The molecule has 5 rings (SSSR count). The van der Waals surface area contributed by atoms with E-state index in [2.05, 4.69) is 10.6 Å². The van der Waals surface area contributed by atoms with E-state index in [1.165, 1.54) is 0 Å². The second kappa shape index (κ2) is 7.51. The minimum atomic E-state index is -0.948. The second-order valence-electron chi connectivity index (χ2n) is 8.95. The van der Waals surface area contributed by atoms with Gasteiger partial charge in [0.05, 0.1) is 11.1 Å². The van der Waals surface area contributed by atoms with Gasteiger partial charge in [0, 0.05) is 43.7 Å². The SMILES string of the molecule is NC1CC(NCc2ccc3c(c2)C(=O)N(C2CCC(=O)NC2=O)C3=O)C12CCOCC2. The van der Waals surface area contributed by atoms with Crippen molar-refractivity contribution in [3.63, 3.8) is 0 Å². The van der Waals surface area contributed by atoms with Crippen LogP contribution in [0.25, 0.3) is 0 Å². The molecule has 4 amide bonds. The summed E-state index contributed by atoms with van der Waals surface area (Å²) in [6, 6.07) is 4.74. The molecule has 0 radical (unpaired) electrons. The van der Waals surface area contributed by atoms with Gasteiger partial charge in [-0.05, 0) is 43.4 Å². The molecule has 164 valence electrons. The van der Waals surface area contributed by atoms with Gasteiger partial charge in [-0.3, -0.25) is 29.4 Å². The Kier molecular flexibility index (Phi) is 4.91. The first-order valence-corrected chi connectivity index (χ1v) is 10.8. The van der Waals surface area contributed by atoms with E-state index < -0.39 is 23.8 Å². The zero-order valence-corrected chi connectivity index (χ0v) is 17.2. The molecule has 9 heteroatoms. The van der Waals surface area contributed by atoms with Crippen LogP contribution >= 0.6 is 0 Å². The highest BCUT2D eigenvalue weighted by molar-refractivity contribution is 6.23. The number of carbonyl (C=O) groups excluding carboxylic acids is 4. The lowest BCUT2D eigenvalue weighted by molar-refractivity contribution is -0.136. The van der Waals surface area contributed by atoms with Crippen molar-refractivity contribution in [1.82, 2.24) is 15.5 Å². The Bertz CT molecular complexity index is 971. The maximum Gasteiger partial charge on any atom is 0.262 e. The highest BCUT2D eigenvalue weighted by Gasteiger charge is 2.53. The summed E-state index contributed by atoms with van der Waals surface area (Å²) in [4.78, 5) is 50.4. The van der Waals surface area contributed by atoms with Gasteiger partial charge in [0.1, 0.15) is 6.04 Å². The molecule has 1 saturated carbocycles. The zero-order valence-electron chi connectivity index (χ0n) is 17.2. The van der Waals surface area contributed by atoms with Gasteiger partial charge in [-0.15, -0.1) is 0 Å². The third-order valence-electron chi connectivity index (χ3n) is 7.40. The number of nitrogens with zero attached hydrogens (tertiary/aromatic N) is 1. The van der Waals surface area contributed by atoms with E-state index in [-0.39, 0.29) is 30.2 Å². The molecule has 3 unspecified atom stereocenters. The third-order valence-corrected chi connectivity index (χ3v) is 7.40. The molecule has 2 saturated heterocycles. The summed E-state index contributed by atoms with van der Waals surface area (Å²) in [6.07, 6.45) is 3.06. The van der Waals surface area contributed by atoms with E-state index in [1.54, 1.807) is 12.1 Å². The normalized spacial score (nSPS) is 29.7. The van der Waals surface area contributed by atoms with Crippen LogP contribution in [0.2, 0.25) is 0 Å². The van der Waals surface area contributed by atoms with Crippen LogP contribution in [0.3, 0.4) is 0 Å². The number of benzene rings is 1. The average molecular weight is 426 g/mol. The number of amides is 4. The number of fused-ring (bicyclic) bond motifs is 1. The molecule has 0 aromatic heterocycles. The molecule has 1 aromatic rings. The number of piperidine rings is 1. The Labute approximate surface area is 179 Å². The smallest absolute Gasteiger partial charge is 0.262 e. The molecule has 4 N–H and O–H groups in total. The van der Waals surface area contributed by atoms with Crippen LogP contribution in [-0.2, 0) is 20.9 Å². The lowest BCUT2D eigenvalue weighted by Gasteiger charge is -2.57. The molecule has 1 aromatic carbocycles. The molecule has 31 heavy (non-hydrogen) atoms. The summed E-state index contributed by atoms with van der Waals surface area (Å²) in [5.41, 5.74) is 7.89. The number of carbonyl (C=O) groups is 4. The Morgan fingerprint density at radius 1 is 1.13 bits per heavy atom. The van der Waals surface area contributed by atoms with Crippen LogP contribution < -0.4 is 16.4 Å². The maximum absolute atomic E-state index is 13.0. The van der Waals surface area contributed by atoms with Gasteiger partial charge in [0.15, 0.2) is 0 Å². The van der Waals surface area contributed by atoms with Crippen molar-refractivity contribution >= 4 is 23.6 Å². The van der Waals surface area contributed by atoms with Crippen LogP contribution in [0.4, 0.5) is 0 Å². The zero-order chi connectivity index (χ0) is 21.8. The van der Waals surface area contributed by atoms with Crippen molar-refractivity contribution < 1.29 is 23.9 Å². The van der Waals surface area contributed by atoms with Crippen molar-refractivity contribution in [2.75, 3.05) is 13.2 Å². The van der Waals surface area contributed by atoms with Crippen molar-refractivity contribution in [2.24, 2.45) is 11.1 Å². The number of ether oxygens (including phenoxy) is 1. The van der Waals surface area contributed by atoms with Gasteiger partial charge in [-0.2, -0.15) is 0 Å². The van der Waals surface area contributed by atoms with Crippen LogP contribution in [0, 0.1) is 5.41 Å². The van der Waals surface area contributed by atoms with E-state index in [0.717, 1.165) is 42.9 Å². The molecule has 1 aliphatic carbocycles. The quantitative estimate of drug-likeness (QED) is 0.581. The lowest BCUT2D eigenvalue weighted by atomic mass is 9.56. The first-order valence-electron chi connectivity index (χ1n) is 10.8. The van der Waals surface area contributed by atoms with Crippen LogP contribution in [0.15, 0.2) is 18.2 Å². The fourth-order valence-electron chi connectivity index (χ4n) is 5.45. The van der Waals surface area contributed by atoms with E-state index in [1.807, 2.05) is 6.07 Å². The minimum Gasteiger partial charge on any atom is -0.381 e. The number of nitrogens with one attached hydrogen (secondary N) is 2. The molecule has 3 aliphatic heterocycles. The monoisotopic (exact) mass is 426 g/mol. The summed E-state index contributed by atoms with van der Waals surface area (Å²) in [7, 11) is 0. The summed E-state index contributed by atoms with van der Waals surface area (Å²) in [5, 5.41) is 5.79. The van der Waals surface area contributed by atoms with E-state index in [4.69, 9.17) is 10.5 Å². The summed E-state index contributed by atoms with van der Waals surface area (Å²) < 4.78 is 5.50. The highest BCUT2D eigenvalue weighted by atomic mass is 16.5. The molecule has 0 bridgehead atoms. The molecular weight excluding hydrogens is 400 g/mol. The number of hydrogen-bond acceptors (Lipinski definition) is 7. The third kappa shape index (κ3) is 3.19. The first kappa shape index (κ1) is 20.3. The van der Waals surface area contributed by atoms with Crippen LogP contribution in [0.5, 0.6) is 0 Å². The number of nitrogens with two attached hydrogens (primary N) is 1.